The Morgan fingerprint density at radius 1 is 1.17 bits per heavy atom. The summed E-state index contributed by atoms with van der Waals surface area (Å²) in [6, 6.07) is 14.9. The molecule has 2 heterocycles. The number of pyridine rings is 1. The number of carbonyl (C=O) groups is 2. The fraction of sp³-hybridized carbons (Fsp3) is 0.136. The van der Waals surface area contributed by atoms with Crippen LogP contribution in [0.4, 0.5) is 5.82 Å². The van der Waals surface area contributed by atoms with Gasteiger partial charge in [0, 0.05) is 17.1 Å². The largest absolute Gasteiger partial charge is 0.464 e. The Bertz CT molecular complexity index is 1200. The van der Waals surface area contributed by atoms with Gasteiger partial charge in [0.1, 0.15) is 11.4 Å². The van der Waals surface area contributed by atoms with Gasteiger partial charge in [-0.15, -0.1) is 0 Å². The zero-order chi connectivity index (χ0) is 20.4. The summed E-state index contributed by atoms with van der Waals surface area (Å²) in [7, 11) is 0. The summed E-state index contributed by atoms with van der Waals surface area (Å²) in [6.45, 7) is 1.51. The molecule has 0 spiro atoms. The number of nitrogens with one attached hydrogen (secondary N) is 1. The third-order valence-electron chi connectivity index (χ3n) is 4.53. The fourth-order valence-corrected chi connectivity index (χ4v) is 3.24. The van der Waals surface area contributed by atoms with Gasteiger partial charge < -0.3 is 14.5 Å². The van der Waals surface area contributed by atoms with Crippen molar-refractivity contribution in [3.63, 3.8) is 0 Å². The van der Waals surface area contributed by atoms with Gasteiger partial charge in [-0.05, 0) is 35.9 Å². The van der Waals surface area contributed by atoms with E-state index in [1.165, 1.54) is 13.1 Å². The molecular weight excluding hydrogens is 392 g/mol. The van der Waals surface area contributed by atoms with E-state index in [4.69, 9.17) is 20.8 Å². The molecule has 29 heavy (non-hydrogen) atoms. The second kappa shape index (κ2) is 7.93. The lowest BCUT2D eigenvalue weighted by atomic mass is 10.0. The molecule has 0 aliphatic carbocycles. The Morgan fingerprint density at radius 2 is 2.00 bits per heavy atom. The summed E-state index contributed by atoms with van der Waals surface area (Å²) >= 11 is 5.77. The van der Waals surface area contributed by atoms with Crippen molar-refractivity contribution in [1.82, 2.24) is 4.98 Å². The van der Waals surface area contributed by atoms with Crippen LogP contribution in [0.3, 0.4) is 0 Å². The van der Waals surface area contributed by atoms with E-state index < -0.39 is 18.0 Å². The van der Waals surface area contributed by atoms with E-state index in [1.54, 1.807) is 18.4 Å². The number of aromatic nitrogens is 1. The summed E-state index contributed by atoms with van der Waals surface area (Å²) in [4.78, 5) is 28.7. The molecule has 1 amide bonds. The fourth-order valence-electron chi connectivity index (χ4n) is 3.13. The number of hydrogen-bond acceptors (Lipinski definition) is 5. The smallest absolute Gasteiger partial charge is 0.311 e. The molecule has 6 nitrogen and oxygen atoms in total. The van der Waals surface area contributed by atoms with Gasteiger partial charge in [-0.1, -0.05) is 41.9 Å². The minimum absolute atomic E-state index is 0.00216. The summed E-state index contributed by atoms with van der Waals surface area (Å²) < 4.78 is 10.9. The maximum Gasteiger partial charge on any atom is 0.311 e. The van der Waals surface area contributed by atoms with Crippen molar-refractivity contribution in [2.24, 2.45) is 0 Å². The van der Waals surface area contributed by atoms with Crippen LogP contribution in [0.5, 0.6) is 0 Å². The molecule has 0 saturated carbocycles. The molecule has 0 fully saturated rings. The minimum Gasteiger partial charge on any atom is -0.464 e. The van der Waals surface area contributed by atoms with Crippen molar-refractivity contribution >= 4 is 51.0 Å². The molecule has 146 valence electrons. The van der Waals surface area contributed by atoms with Crippen LogP contribution in [0.1, 0.15) is 12.5 Å². The molecule has 7 heteroatoms. The summed E-state index contributed by atoms with van der Waals surface area (Å²) in [6.07, 6.45) is 2.00. The summed E-state index contributed by atoms with van der Waals surface area (Å²) in [5.74, 6) is -0.669. The van der Waals surface area contributed by atoms with E-state index in [0.717, 1.165) is 16.2 Å². The van der Waals surface area contributed by atoms with Crippen molar-refractivity contribution in [3.8, 4) is 0 Å². The van der Waals surface area contributed by atoms with E-state index >= 15 is 0 Å². The zero-order valence-electron chi connectivity index (χ0n) is 15.5. The van der Waals surface area contributed by atoms with Crippen LogP contribution in [-0.4, -0.2) is 23.0 Å². The van der Waals surface area contributed by atoms with E-state index in [0.29, 0.717) is 22.0 Å². The Morgan fingerprint density at radius 3 is 2.79 bits per heavy atom. The molecule has 0 unspecified atom stereocenters. The molecule has 1 atom stereocenters. The third-order valence-corrected chi connectivity index (χ3v) is 4.75. The number of nitrogens with zero attached hydrogens (tertiary/aromatic N) is 1. The van der Waals surface area contributed by atoms with E-state index in [2.05, 4.69) is 10.3 Å². The average Bonchev–Trinajstić information content (AvgIpc) is 3.12. The van der Waals surface area contributed by atoms with E-state index in [1.807, 2.05) is 36.4 Å². The van der Waals surface area contributed by atoms with Crippen LogP contribution < -0.4 is 5.32 Å². The zero-order valence-corrected chi connectivity index (χ0v) is 16.3. The standard InChI is InChI=1S/C22H17ClN2O4/c1-13(22(27)25-19-9-7-16(23)11-24-19)29-20(26)10-15-12-28-18-8-6-14-4-2-3-5-17(14)21(15)18/h2-9,11-13H,10H2,1H3,(H,24,25,27)/t13-/m0/s1. The predicted molar refractivity (Wildman–Crippen MR) is 111 cm³/mol. The molecule has 2 aromatic heterocycles. The van der Waals surface area contributed by atoms with Crippen LogP contribution in [0.15, 0.2) is 65.4 Å². The molecule has 4 rings (SSSR count). The molecule has 0 bridgehead atoms. The highest BCUT2D eigenvalue weighted by Gasteiger charge is 2.20. The maximum atomic E-state index is 12.4. The lowest BCUT2D eigenvalue weighted by Gasteiger charge is -2.13. The van der Waals surface area contributed by atoms with Crippen molar-refractivity contribution in [2.45, 2.75) is 19.4 Å². The number of hydrogen-bond donors (Lipinski definition) is 1. The van der Waals surface area contributed by atoms with Crippen molar-refractivity contribution in [1.29, 1.82) is 0 Å². The molecule has 0 aliphatic heterocycles. The number of amides is 1. The Labute approximate surface area is 171 Å². The molecule has 1 N–H and O–H groups in total. The highest BCUT2D eigenvalue weighted by atomic mass is 35.5. The summed E-state index contributed by atoms with van der Waals surface area (Å²) in [5.41, 5.74) is 1.42. The molecule has 4 aromatic rings. The number of anilines is 1. The highest BCUT2D eigenvalue weighted by molar-refractivity contribution is 6.30. The van der Waals surface area contributed by atoms with Crippen LogP contribution in [-0.2, 0) is 20.7 Å². The first-order valence-electron chi connectivity index (χ1n) is 9.01. The second-order valence-electron chi connectivity index (χ2n) is 6.58. The van der Waals surface area contributed by atoms with Gasteiger partial charge in [-0.2, -0.15) is 0 Å². The van der Waals surface area contributed by atoms with Crippen molar-refractivity contribution in [3.05, 3.63) is 71.6 Å². The van der Waals surface area contributed by atoms with Gasteiger partial charge in [0.2, 0.25) is 0 Å². The number of esters is 1. The lowest BCUT2D eigenvalue weighted by Crippen LogP contribution is -2.30. The average molecular weight is 409 g/mol. The van der Waals surface area contributed by atoms with Gasteiger partial charge in [-0.3, -0.25) is 9.59 Å². The molecule has 0 radical (unpaired) electrons. The number of furan rings is 1. The van der Waals surface area contributed by atoms with Crippen LogP contribution >= 0.6 is 11.6 Å². The molecular formula is C22H17ClN2O4. The van der Waals surface area contributed by atoms with Crippen LogP contribution in [0.25, 0.3) is 21.7 Å². The van der Waals surface area contributed by atoms with E-state index in [9.17, 15) is 9.59 Å². The molecule has 0 aliphatic rings. The SMILES string of the molecule is C[C@H](OC(=O)Cc1coc2ccc3ccccc3c12)C(=O)Nc1ccc(Cl)cn1. The van der Waals surface area contributed by atoms with Gasteiger partial charge in [0.25, 0.3) is 5.91 Å². The predicted octanol–water partition coefficient (Wildman–Crippen LogP) is 4.75. The number of halogens is 1. The van der Waals surface area contributed by atoms with Crippen LogP contribution in [0.2, 0.25) is 5.02 Å². The topological polar surface area (TPSA) is 81.4 Å². The lowest BCUT2D eigenvalue weighted by molar-refractivity contribution is -0.152. The number of benzene rings is 2. The first-order chi connectivity index (χ1) is 14.0. The number of rotatable bonds is 5. The number of fused-ring (bicyclic) bond motifs is 3. The number of ether oxygens (including phenoxy) is 1. The second-order valence-corrected chi connectivity index (χ2v) is 7.02. The highest BCUT2D eigenvalue weighted by Crippen LogP contribution is 2.30. The van der Waals surface area contributed by atoms with Gasteiger partial charge >= 0.3 is 5.97 Å². The molecule has 0 saturated heterocycles. The van der Waals surface area contributed by atoms with Crippen molar-refractivity contribution < 1.29 is 18.7 Å². The van der Waals surface area contributed by atoms with E-state index in [-0.39, 0.29) is 6.42 Å². The van der Waals surface area contributed by atoms with Crippen molar-refractivity contribution in [2.75, 3.05) is 5.32 Å². The first kappa shape index (κ1) is 19.0. The Kier molecular flexibility index (Phi) is 5.18. The monoisotopic (exact) mass is 408 g/mol. The first-order valence-corrected chi connectivity index (χ1v) is 9.39. The van der Waals surface area contributed by atoms with Crippen LogP contribution in [0, 0.1) is 0 Å². The van der Waals surface area contributed by atoms with Gasteiger partial charge in [0.15, 0.2) is 6.10 Å². The Hall–Kier alpha value is -3.38. The molecule has 2 aromatic carbocycles. The normalized spacial score (nSPS) is 12.1. The minimum atomic E-state index is -0.977. The maximum absolute atomic E-state index is 12.4. The summed E-state index contributed by atoms with van der Waals surface area (Å²) in [5, 5.41) is 5.98. The van der Waals surface area contributed by atoms with Gasteiger partial charge in [0.05, 0.1) is 17.7 Å². The third kappa shape index (κ3) is 4.07. The van der Waals surface area contributed by atoms with Gasteiger partial charge in [-0.25, -0.2) is 4.98 Å². The number of carbonyl (C=O) groups excluding carboxylic acids is 2. The Balaban J connectivity index is 1.46. The quantitative estimate of drug-likeness (QED) is 0.482.